The number of anilines is 1. The van der Waals surface area contributed by atoms with Crippen LogP contribution < -0.4 is 10.2 Å². The van der Waals surface area contributed by atoms with E-state index in [0.29, 0.717) is 6.04 Å². The third kappa shape index (κ3) is 5.17. The fraction of sp³-hybridized carbons (Fsp3) is 0.667. The maximum atomic E-state index is 4.53. The number of nitrogens with one attached hydrogen (secondary N) is 1. The summed E-state index contributed by atoms with van der Waals surface area (Å²) in [4.78, 5) is 9.11. The monoisotopic (exact) mass is 264 g/mol. The lowest BCUT2D eigenvalue weighted by atomic mass is 10.1. The molecule has 0 bridgehead atoms. The number of hydrogen-bond acceptors (Lipinski definition) is 4. The van der Waals surface area contributed by atoms with Crippen LogP contribution in [-0.2, 0) is 0 Å². The van der Waals surface area contributed by atoms with Crippen molar-refractivity contribution >= 4 is 5.82 Å². The quantitative estimate of drug-likeness (QED) is 0.779. The van der Waals surface area contributed by atoms with Crippen molar-refractivity contribution in [2.75, 3.05) is 45.7 Å². The maximum absolute atomic E-state index is 4.53. The minimum Gasteiger partial charge on any atom is -0.355 e. The Morgan fingerprint density at radius 1 is 1.26 bits per heavy atom. The van der Waals surface area contributed by atoms with E-state index in [4.69, 9.17) is 0 Å². The lowest BCUT2D eigenvalue weighted by Crippen LogP contribution is -2.33. The van der Waals surface area contributed by atoms with Gasteiger partial charge in [0.25, 0.3) is 0 Å². The van der Waals surface area contributed by atoms with E-state index in [1.165, 1.54) is 5.56 Å². The van der Waals surface area contributed by atoms with Gasteiger partial charge in [0.2, 0.25) is 0 Å². The summed E-state index contributed by atoms with van der Waals surface area (Å²) in [5.41, 5.74) is 1.29. The van der Waals surface area contributed by atoms with Crippen LogP contribution in [0.25, 0.3) is 0 Å². The zero-order valence-electron chi connectivity index (χ0n) is 13.0. The number of hydrogen-bond donors (Lipinski definition) is 1. The van der Waals surface area contributed by atoms with Crippen LogP contribution in [0.15, 0.2) is 18.3 Å². The number of nitrogens with zero attached hydrogens (tertiary/aromatic N) is 3. The first-order chi connectivity index (χ1) is 9.08. The molecule has 108 valence electrons. The Hall–Kier alpha value is -1.13. The molecule has 1 unspecified atom stereocenters. The second kappa shape index (κ2) is 8.12. The van der Waals surface area contributed by atoms with Crippen molar-refractivity contribution in [2.24, 2.45) is 0 Å². The van der Waals surface area contributed by atoms with E-state index in [1.54, 1.807) is 0 Å². The summed E-state index contributed by atoms with van der Waals surface area (Å²) < 4.78 is 0. The number of pyridine rings is 1. The lowest BCUT2D eigenvalue weighted by molar-refractivity contribution is 0.412. The summed E-state index contributed by atoms with van der Waals surface area (Å²) in [7, 11) is 6.20. The van der Waals surface area contributed by atoms with Crippen molar-refractivity contribution in [1.82, 2.24) is 15.2 Å². The Morgan fingerprint density at radius 2 is 2.00 bits per heavy atom. The second-order valence-corrected chi connectivity index (χ2v) is 5.25. The number of rotatable bonds is 8. The Kier molecular flexibility index (Phi) is 6.81. The van der Waals surface area contributed by atoms with E-state index in [1.807, 2.05) is 13.2 Å². The van der Waals surface area contributed by atoms with Crippen LogP contribution in [0.3, 0.4) is 0 Å². The summed E-state index contributed by atoms with van der Waals surface area (Å²) in [6.07, 6.45) is 3.05. The maximum Gasteiger partial charge on any atom is 0.128 e. The van der Waals surface area contributed by atoms with E-state index in [9.17, 15) is 0 Å². The van der Waals surface area contributed by atoms with Crippen LogP contribution in [0.1, 0.15) is 31.9 Å². The molecule has 0 aliphatic heterocycles. The standard InChI is InChI=1S/C15H28N4/c1-6-9-19(11-10-18(4)5)15-12-14(7-8-17-15)13(2)16-3/h7-8,12-13,16H,6,9-11H2,1-5H3. The van der Waals surface area contributed by atoms with E-state index in [-0.39, 0.29) is 0 Å². The summed E-state index contributed by atoms with van der Waals surface area (Å²) in [6.45, 7) is 7.50. The van der Waals surface area contributed by atoms with Gasteiger partial charge in [-0.15, -0.1) is 0 Å². The first-order valence-electron chi connectivity index (χ1n) is 7.11. The van der Waals surface area contributed by atoms with Crippen molar-refractivity contribution in [2.45, 2.75) is 26.3 Å². The molecule has 1 N–H and O–H groups in total. The molecule has 1 heterocycles. The molecule has 0 amide bonds. The molecule has 0 spiro atoms. The van der Waals surface area contributed by atoms with Gasteiger partial charge in [-0.05, 0) is 52.2 Å². The molecule has 1 rings (SSSR count). The highest BCUT2D eigenvalue weighted by molar-refractivity contribution is 5.41. The highest BCUT2D eigenvalue weighted by atomic mass is 15.2. The third-order valence-electron chi connectivity index (χ3n) is 3.34. The van der Waals surface area contributed by atoms with Gasteiger partial charge in [-0.1, -0.05) is 6.92 Å². The molecule has 0 saturated heterocycles. The van der Waals surface area contributed by atoms with Crippen LogP contribution in [-0.4, -0.2) is 50.7 Å². The average Bonchev–Trinajstić information content (AvgIpc) is 2.42. The Morgan fingerprint density at radius 3 is 2.58 bits per heavy atom. The minimum atomic E-state index is 0.360. The molecule has 0 aliphatic rings. The SMILES string of the molecule is CCCN(CCN(C)C)c1cc(C(C)NC)ccn1. The van der Waals surface area contributed by atoms with Gasteiger partial charge in [0.1, 0.15) is 5.82 Å². The summed E-state index contributed by atoms with van der Waals surface area (Å²) >= 11 is 0. The molecule has 1 atom stereocenters. The average molecular weight is 264 g/mol. The van der Waals surface area contributed by atoms with E-state index >= 15 is 0 Å². The van der Waals surface area contributed by atoms with Crippen LogP contribution in [0.2, 0.25) is 0 Å². The van der Waals surface area contributed by atoms with Crippen molar-refractivity contribution in [3.05, 3.63) is 23.9 Å². The van der Waals surface area contributed by atoms with Gasteiger partial charge in [0.15, 0.2) is 0 Å². The van der Waals surface area contributed by atoms with Crippen LogP contribution in [0, 0.1) is 0 Å². The molecule has 19 heavy (non-hydrogen) atoms. The first kappa shape index (κ1) is 15.9. The molecule has 0 aromatic carbocycles. The molecular formula is C15H28N4. The molecule has 4 heteroatoms. The van der Waals surface area contributed by atoms with Crippen molar-refractivity contribution in [3.63, 3.8) is 0 Å². The second-order valence-electron chi connectivity index (χ2n) is 5.25. The zero-order chi connectivity index (χ0) is 14.3. The smallest absolute Gasteiger partial charge is 0.128 e. The van der Waals surface area contributed by atoms with Crippen molar-refractivity contribution in [1.29, 1.82) is 0 Å². The predicted octanol–water partition coefficient (Wildman–Crippen LogP) is 2.14. The van der Waals surface area contributed by atoms with Gasteiger partial charge < -0.3 is 15.1 Å². The zero-order valence-corrected chi connectivity index (χ0v) is 13.0. The van der Waals surface area contributed by atoms with Gasteiger partial charge in [-0.25, -0.2) is 4.98 Å². The summed E-state index contributed by atoms with van der Waals surface area (Å²) in [6, 6.07) is 4.65. The Balaban J connectivity index is 2.82. The molecule has 0 fully saturated rings. The molecule has 0 radical (unpaired) electrons. The first-order valence-corrected chi connectivity index (χ1v) is 7.11. The minimum absolute atomic E-state index is 0.360. The molecule has 0 aliphatic carbocycles. The third-order valence-corrected chi connectivity index (χ3v) is 3.34. The van der Waals surface area contributed by atoms with Crippen LogP contribution in [0.4, 0.5) is 5.82 Å². The highest BCUT2D eigenvalue weighted by Gasteiger charge is 2.10. The Bertz CT molecular complexity index is 365. The van der Waals surface area contributed by atoms with E-state index in [0.717, 1.165) is 31.9 Å². The largest absolute Gasteiger partial charge is 0.355 e. The number of aromatic nitrogens is 1. The molecular weight excluding hydrogens is 236 g/mol. The summed E-state index contributed by atoms with van der Waals surface area (Å²) in [5.74, 6) is 1.09. The normalized spacial score (nSPS) is 12.7. The van der Waals surface area contributed by atoms with Gasteiger partial charge in [-0.3, -0.25) is 0 Å². The molecule has 1 aromatic heterocycles. The van der Waals surface area contributed by atoms with Crippen molar-refractivity contribution in [3.8, 4) is 0 Å². The predicted molar refractivity (Wildman–Crippen MR) is 82.8 cm³/mol. The topological polar surface area (TPSA) is 31.4 Å². The van der Waals surface area contributed by atoms with Gasteiger partial charge in [0.05, 0.1) is 0 Å². The lowest BCUT2D eigenvalue weighted by Gasteiger charge is -2.25. The van der Waals surface area contributed by atoms with Crippen LogP contribution in [0.5, 0.6) is 0 Å². The van der Waals surface area contributed by atoms with E-state index in [2.05, 4.69) is 60.2 Å². The molecule has 1 aromatic rings. The Labute approximate surface area is 117 Å². The van der Waals surface area contributed by atoms with E-state index < -0.39 is 0 Å². The van der Waals surface area contributed by atoms with Crippen LogP contribution >= 0.6 is 0 Å². The number of likely N-dealkylation sites (N-methyl/N-ethyl adjacent to an activating group) is 1. The summed E-state index contributed by atoms with van der Waals surface area (Å²) in [5, 5.41) is 3.28. The van der Waals surface area contributed by atoms with Gasteiger partial charge in [-0.2, -0.15) is 0 Å². The van der Waals surface area contributed by atoms with Crippen molar-refractivity contribution < 1.29 is 0 Å². The highest BCUT2D eigenvalue weighted by Crippen LogP contribution is 2.18. The molecule has 0 saturated carbocycles. The fourth-order valence-corrected chi connectivity index (χ4v) is 1.97. The van der Waals surface area contributed by atoms with Gasteiger partial charge in [0, 0.05) is 31.9 Å². The van der Waals surface area contributed by atoms with Gasteiger partial charge >= 0.3 is 0 Å². The fourth-order valence-electron chi connectivity index (χ4n) is 1.97. The molecule has 4 nitrogen and oxygen atoms in total.